The lowest BCUT2D eigenvalue weighted by Crippen LogP contribution is -2.13. The molecule has 1 aromatic heterocycles. The number of hydrogen-bond acceptors (Lipinski definition) is 3. The molecule has 1 aliphatic carbocycles. The third-order valence-corrected chi connectivity index (χ3v) is 2.88. The first-order valence-corrected chi connectivity index (χ1v) is 5.17. The number of rotatable bonds is 3. The van der Waals surface area contributed by atoms with Gasteiger partial charge in [-0.05, 0) is 19.8 Å². The molecule has 1 fully saturated rings. The molecule has 0 bridgehead atoms. The zero-order chi connectivity index (χ0) is 9.97. The Balaban J connectivity index is 1.88. The van der Waals surface area contributed by atoms with Crippen molar-refractivity contribution in [3.8, 4) is 0 Å². The molecule has 0 radical (unpaired) electrons. The molecule has 0 unspecified atom stereocenters. The van der Waals surface area contributed by atoms with E-state index in [0.29, 0.717) is 12.8 Å². The van der Waals surface area contributed by atoms with Gasteiger partial charge in [-0.15, -0.1) is 0 Å². The third-order valence-electron chi connectivity index (χ3n) is 2.88. The molecule has 0 saturated heterocycles. The Bertz CT molecular complexity index is 302. The number of anilines is 1. The molecule has 2 rings (SSSR count). The highest BCUT2D eigenvalue weighted by Gasteiger charge is 2.15. The van der Waals surface area contributed by atoms with Crippen LogP contribution >= 0.6 is 0 Å². The van der Waals surface area contributed by atoms with Crippen LogP contribution in [0, 0.1) is 6.92 Å². The fraction of sp³-hybridized carbons (Fsp3) is 0.700. The van der Waals surface area contributed by atoms with Crippen LogP contribution in [-0.4, -0.2) is 15.9 Å². The van der Waals surface area contributed by atoms with E-state index in [0.717, 1.165) is 11.4 Å². The number of hydrogen-bond donors (Lipinski definition) is 1. The Morgan fingerprint density at radius 1 is 1.57 bits per heavy atom. The van der Waals surface area contributed by atoms with Gasteiger partial charge >= 0.3 is 0 Å². The highest BCUT2D eigenvalue weighted by Crippen LogP contribution is 2.21. The molecule has 4 nitrogen and oxygen atoms in total. The second-order valence-corrected chi connectivity index (χ2v) is 3.89. The monoisotopic (exact) mass is 195 g/mol. The number of ether oxygens (including phenoxy) is 1. The van der Waals surface area contributed by atoms with Gasteiger partial charge in [-0.2, -0.15) is 5.10 Å². The SMILES string of the molecule is Cc1c(N)cnn1COC1CCCC1. The number of nitrogens with zero attached hydrogens (tertiary/aromatic N) is 2. The van der Waals surface area contributed by atoms with E-state index in [-0.39, 0.29) is 0 Å². The lowest BCUT2D eigenvalue weighted by atomic mass is 10.3. The molecule has 4 heteroatoms. The van der Waals surface area contributed by atoms with Crippen LogP contribution in [0.2, 0.25) is 0 Å². The van der Waals surface area contributed by atoms with Crippen molar-refractivity contribution >= 4 is 5.69 Å². The number of aromatic nitrogens is 2. The largest absolute Gasteiger partial charge is 0.396 e. The van der Waals surface area contributed by atoms with Gasteiger partial charge in [-0.3, -0.25) is 0 Å². The number of nitrogens with two attached hydrogens (primary N) is 1. The van der Waals surface area contributed by atoms with Gasteiger partial charge < -0.3 is 10.5 Å². The van der Waals surface area contributed by atoms with Crippen molar-refractivity contribution in [2.24, 2.45) is 0 Å². The molecule has 1 heterocycles. The van der Waals surface area contributed by atoms with Gasteiger partial charge in [0.1, 0.15) is 6.73 Å². The highest BCUT2D eigenvalue weighted by molar-refractivity contribution is 5.39. The zero-order valence-corrected chi connectivity index (χ0v) is 8.57. The summed E-state index contributed by atoms with van der Waals surface area (Å²) in [5.41, 5.74) is 7.41. The van der Waals surface area contributed by atoms with Crippen molar-refractivity contribution in [2.75, 3.05) is 5.73 Å². The molecule has 0 spiro atoms. The van der Waals surface area contributed by atoms with E-state index in [9.17, 15) is 0 Å². The normalized spacial score (nSPS) is 17.8. The Morgan fingerprint density at radius 3 is 2.86 bits per heavy atom. The minimum absolute atomic E-state index is 0.430. The molecular weight excluding hydrogens is 178 g/mol. The van der Waals surface area contributed by atoms with Crippen LogP contribution in [0.5, 0.6) is 0 Å². The van der Waals surface area contributed by atoms with Crippen molar-refractivity contribution < 1.29 is 4.74 Å². The first-order valence-electron chi connectivity index (χ1n) is 5.17. The third kappa shape index (κ3) is 1.90. The van der Waals surface area contributed by atoms with Crippen molar-refractivity contribution in [3.05, 3.63) is 11.9 Å². The molecular formula is C10H17N3O. The van der Waals surface area contributed by atoms with Gasteiger partial charge in [0.15, 0.2) is 0 Å². The Kier molecular flexibility index (Phi) is 2.72. The first-order chi connectivity index (χ1) is 6.77. The maximum Gasteiger partial charge on any atom is 0.140 e. The molecule has 1 aromatic rings. The van der Waals surface area contributed by atoms with Gasteiger partial charge in [0.2, 0.25) is 0 Å². The Morgan fingerprint density at radius 2 is 2.29 bits per heavy atom. The quantitative estimate of drug-likeness (QED) is 0.798. The van der Waals surface area contributed by atoms with Gasteiger partial charge in [-0.25, -0.2) is 4.68 Å². The smallest absolute Gasteiger partial charge is 0.140 e. The molecule has 0 atom stereocenters. The second-order valence-electron chi connectivity index (χ2n) is 3.89. The summed E-state index contributed by atoms with van der Waals surface area (Å²) in [7, 11) is 0. The molecule has 1 saturated carbocycles. The van der Waals surface area contributed by atoms with E-state index in [1.54, 1.807) is 6.20 Å². The molecule has 14 heavy (non-hydrogen) atoms. The van der Waals surface area contributed by atoms with E-state index in [2.05, 4.69) is 5.10 Å². The predicted octanol–water partition coefficient (Wildman–Crippen LogP) is 1.69. The maximum atomic E-state index is 5.73. The summed E-state index contributed by atoms with van der Waals surface area (Å²) < 4.78 is 7.54. The van der Waals surface area contributed by atoms with Crippen LogP contribution in [0.4, 0.5) is 5.69 Å². The molecule has 1 aliphatic rings. The van der Waals surface area contributed by atoms with Crippen LogP contribution in [0.15, 0.2) is 6.20 Å². The van der Waals surface area contributed by atoms with Gasteiger partial charge in [-0.1, -0.05) is 12.8 Å². The lowest BCUT2D eigenvalue weighted by molar-refractivity contribution is 0.00456. The van der Waals surface area contributed by atoms with E-state index < -0.39 is 0 Å². The highest BCUT2D eigenvalue weighted by atomic mass is 16.5. The summed E-state index contributed by atoms with van der Waals surface area (Å²) in [6.45, 7) is 2.49. The van der Waals surface area contributed by atoms with E-state index in [1.807, 2.05) is 11.6 Å². The van der Waals surface area contributed by atoms with Crippen molar-refractivity contribution in [3.63, 3.8) is 0 Å². The van der Waals surface area contributed by atoms with Gasteiger partial charge in [0.05, 0.1) is 23.7 Å². The average molecular weight is 195 g/mol. The standard InChI is InChI=1S/C10H17N3O/c1-8-10(11)6-12-13(8)7-14-9-4-2-3-5-9/h6,9H,2-5,7,11H2,1H3. The van der Waals surface area contributed by atoms with Crippen LogP contribution in [-0.2, 0) is 11.5 Å². The first kappa shape index (κ1) is 9.52. The van der Waals surface area contributed by atoms with E-state index in [4.69, 9.17) is 10.5 Å². The summed E-state index contributed by atoms with van der Waals surface area (Å²) in [6, 6.07) is 0. The van der Waals surface area contributed by atoms with Crippen molar-refractivity contribution in [1.29, 1.82) is 0 Å². The fourth-order valence-electron chi connectivity index (χ4n) is 1.82. The summed E-state index contributed by atoms with van der Waals surface area (Å²) in [6.07, 6.45) is 7.08. The molecule has 2 N–H and O–H groups in total. The Labute approximate surface area is 84.0 Å². The maximum absolute atomic E-state index is 5.73. The summed E-state index contributed by atoms with van der Waals surface area (Å²) in [4.78, 5) is 0. The van der Waals surface area contributed by atoms with Gasteiger partial charge in [0, 0.05) is 0 Å². The van der Waals surface area contributed by atoms with Crippen molar-refractivity contribution in [2.45, 2.75) is 45.4 Å². The van der Waals surface area contributed by atoms with Crippen LogP contribution < -0.4 is 5.73 Å². The summed E-state index contributed by atoms with van der Waals surface area (Å²) in [5, 5.41) is 4.14. The predicted molar refractivity (Wildman–Crippen MR) is 54.7 cm³/mol. The van der Waals surface area contributed by atoms with Crippen molar-refractivity contribution in [1.82, 2.24) is 9.78 Å². The number of nitrogen functional groups attached to an aromatic ring is 1. The second kappa shape index (κ2) is 4.00. The topological polar surface area (TPSA) is 53.1 Å². The average Bonchev–Trinajstić information content (AvgIpc) is 2.77. The lowest BCUT2D eigenvalue weighted by Gasteiger charge is -2.11. The Hall–Kier alpha value is -1.03. The van der Waals surface area contributed by atoms with E-state index in [1.165, 1.54) is 25.7 Å². The van der Waals surface area contributed by atoms with E-state index >= 15 is 0 Å². The minimum Gasteiger partial charge on any atom is -0.396 e. The molecule has 0 amide bonds. The van der Waals surface area contributed by atoms with Crippen LogP contribution in [0.3, 0.4) is 0 Å². The molecule has 0 aromatic carbocycles. The van der Waals surface area contributed by atoms with Crippen LogP contribution in [0.1, 0.15) is 31.4 Å². The van der Waals surface area contributed by atoms with Crippen LogP contribution in [0.25, 0.3) is 0 Å². The summed E-state index contributed by atoms with van der Waals surface area (Å²) in [5.74, 6) is 0. The fourth-order valence-corrected chi connectivity index (χ4v) is 1.82. The summed E-state index contributed by atoms with van der Waals surface area (Å²) >= 11 is 0. The van der Waals surface area contributed by atoms with Gasteiger partial charge in [0.25, 0.3) is 0 Å². The zero-order valence-electron chi connectivity index (χ0n) is 8.57. The molecule has 0 aliphatic heterocycles. The minimum atomic E-state index is 0.430. The molecule has 78 valence electrons.